The zero-order valence-electron chi connectivity index (χ0n) is 12.1. The highest BCUT2D eigenvalue weighted by molar-refractivity contribution is 6.09. The second kappa shape index (κ2) is 5.19. The molecule has 0 saturated heterocycles. The minimum absolute atomic E-state index is 0.0698. The Morgan fingerprint density at radius 1 is 0.955 bits per heavy atom. The van der Waals surface area contributed by atoms with Crippen LogP contribution in [0.1, 0.15) is 11.1 Å². The van der Waals surface area contributed by atoms with Crippen molar-refractivity contribution in [2.75, 3.05) is 10.6 Å². The average molecular weight is 288 g/mol. The first-order valence-corrected chi connectivity index (χ1v) is 7.43. The fourth-order valence-corrected chi connectivity index (χ4v) is 3.03. The molecule has 2 N–H and O–H groups in total. The lowest BCUT2D eigenvalue weighted by atomic mass is 10.0. The summed E-state index contributed by atoms with van der Waals surface area (Å²) in [5.74, 6) is 0.0698. The average Bonchev–Trinajstić information content (AvgIpc) is 2.94. The molecular formula is C19H16N2O. The van der Waals surface area contributed by atoms with Crippen molar-refractivity contribution in [2.24, 2.45) is 0 Å². The fraction of sp³-hybridized carbons (Fsp3) is 0.105. The summed E-state index contributed by atoms with van der Waals surface area (Å²) in [5, 5.41) is 8.75. The van der Waals surface area contributed by atoms with Crippen molar-refractivity contribution in [3.63, 3.8) is 0 Å². The number of amides is 1. The fourth-order valence-electron chi connectivity index (χ4n) is 3.03. The Hall–Kier alpha value is -2.81. The van der Waals surface area contributed by atoms with Crippen LogP contribution in [0.15, 0.2) is 60.7 Å². The summed E-state index contributed by atoms with van der Waals surface area (Å²) in [6.45, 7) is 0.761. The zero-order valence-corrected chi connectivity index (χ0v) is 12.1. The molecule has 22 heavy (non-hydrogen) atoms. The number of hydrogen-bond acceptors (Lipinski definition) is 2. The molecule has 3 aromatic rings. The van der Waals surface area contributed by atoms with E-state index >= 15 is 0 Å². The van der Waals surface area contributed by atoms with Crippen molar-refractivity contribution in [1.82, 2.24) is 0 Å². The van der Waals surface area contributed by atoms with E-state index in [-0.39, 0.29) is 5.91 Å². The van der Waals surface area contributed by atoms with Gasteiger partial charge in [0.2, 0.25) is 5.91 Å². The largest absolute Gasteiger partial charge is 0.380 e. The van der Waals surface area contributed by atoms with Crippen LogP contribution in [-0.2, 0) is 17.8 Å². The molecule has 1 aliphatic rings. The topological polar surface area (TPSA) is 41.1 Å². The highest BCUT2D eigenvalue weighted by Gasteiger charge is 2.21. The second-order valence-corrected chi connectivity index (χ2v) is 5.56. The Morgan fingerprint density at radius 2 is 1.68 bits per heavy atom. The predicted octanol–water partition coefficient (Wildman–Crippen LogP) is 3.95. The number of nitrogens with one attached hydrogen (secondary N) is 2. The van der Waals surface area contributed by atoms with Gasteiger partial charge in [-0.2, -0.15) is 0 Å². The third-order valence-corrected chi connectivity index (χ3v) is 4.09. The van der Waals surface area contributed by atoms with E-state index in [0.717, 1.165) is 34.3 Å². The van der Waals surface area contributed by atoms with Gasteiger partial charge in [-0.25, -0.2) is 0 Å². The third-order valence-electron chi connectivity index (χ3n) is 4.09. The Labute approximate surface area is 129 Å². The first kappa shape index (κ1) is 12.9. The van der Waals surface area contributed by atoms with Crippen LogP contribution >= 0.6 is 0 Å². The van der Waals surface area contributed by atoms with E-state index in [1.54, 1.807) is 0 Å². The van der Waals surface area contributed by atoms with Crippen molar-refractivity contribution in [3.8, 4) is 0 Å². The number of fused-ring (bicyclic) bond motifs is 3. The van der Waals surface area contributed by atoms with Gasteiger partial charge in [0.1, 0.15) is 0 Å². The van der Waals surface area contributed by atoms with Crippen molar-refractivity contribution in [2.45, 2.75) is 13.0 Å². The highest BCUT2D eigenvalue weighted by atomic mass is 16.1. The van der Waals surface area contributed by atoms with Gasteiger partial charge in [0.25, 0.3) is 0 Å². The van der Waals surface area contributed by atoms with Crippen LogP contribution in [0, 0.1) is 0 Å². The molecular weight excluding hydrogens is 272 g/mol. The van der Waals surface area contributed by atoms with Crippen LogP contribution in [0.5, 0.6) is 0 Å². The second-order valence-electron chi connectivity index (χ2n) is 5.56. The molecule has 1 heterocycles. The molecule has 1 amide bonds. The van der Waals surface area contributed by atoms with Gasteiger partial charge in [-0.05, 0) is 22.6 Å². The lowest BCUT2D eigenvalue weighted by Gasteiger charge is -2.13. The van der Waals surface area contributed by atoms with Crippen molar-refractivity contribution < 1.29 is 4.79 Å². The molecule has 3 nitrogen and oxygen atoms in total. The van der Waals surface area contributed by atoms with E-state index in [9.17, 15) is 4.79 Å². The van der Waals surface area contributed by atoms with Crippen molar-refractivity contribution >= 4 is 28.1 Å². The Kier molecular flexibility index (Phi) is 3.04. The summed E-state index contributed by atoms with van der Waals surface area (Å²) >= 11 is 0. The van der Waals surface area contributed by atoms with Gasteiger partial charge in [-0.15, -0.1) is 0 Å². The molecule has 0 aromatic heterocycles. The molecule has 0 spiro atoms. The Balaban J connectivity index is 1.75. The van der Waals surface area contributed by atoms with Crippen molar-refractivity contribution in [3.05, 3.63) is 71.8 Å². The maximum atomic E-state index is 11.7. The molecule has 0 saturated carbocycles. The monoisotopic (exact) mass is 288 g/mol. The van der Waals surface area contributed by atoms with Gasteiger partial charge in [0, 0.05) is 23.3 Å². The quantitative estimate of drug-likeness (QED) is 0.766. The van der Waals surface area contributed by atoms with Gasteiger partial charge in [0.15, 0.2) is 0 Å². The molecule has 0 unspecified atom stereocenters. The number of anilines is 2. The lowest BCUT2D eigenvalue weighted by Crippen LogP contribution is -2.04. The summed E-state index contributed by atoms with van der Waals surface area (Å²) in [7, 11) is 0. The first-order chi connectivity index (χ1) is 10.8. The summed E-state index contributed by atoms with van der Waals surface area (Å²) in [5.41, 5.74) is 4.32. The van der Waals surface area contributed by atoms with Crippen molar-refractivity contribution in [1.29, 1.82) is 0 Å². The molecule has 3 aromatic carbocycles. The minimum atomic E-state index is 0.0698. The number of benzene rings is 3. The van der Waals surface area contributed by atoms with E-state index < -0.39 is 0 Å². The normalized spacial score (nSPS) is 13.0. The van der Waals surface area contributed by atoms with Crippen LogP contribution in [0.2, 0.25) is 0 Å². The molecule has 0 atom stereocenters. The Bertz CT molecular complexity index is 856. The van der Waals surface area contributed by atoms with Gasteiger partial charge >= 0.3 is 0 Å². The minimum Gasteiger partial charge on any atom is -0.380 e. The van der Waals surface area contributed by atoms with E-state index in [4.69, 9.17) is 0 Å². The van der Waals surface area contributed by atoms with Gasteiger partial charge in [-0.3, -0.25) is 4.79 Å². The molecule has 4 rings (SSSR count). The van der Waals surface area contributed by atoms with Crippen LogP contribution in [0.3, 0.4) is 0 Å². The predicted molar refractivity (Wildman–Crippen MR) is 90.1 cm³/mol. The number of rotatable bonds is 3. The standard InChI is InChI=1S/C19H16N2O/c22-19-10-16-14-8-4-5-9-15(14)17(11-18(16)21-19)20-12-13-6-2-1-3-7-13/h1-9,11,20H,10,12H2,(H,21,22). The number of carbonyl (C=O) groups excluding carboxylic acids is 1. The molecule has 108 valence electrons. The smallest absolute Gasteiger partial charge is 0.228 e. The summed E-state index contributed by atoms with van der Waals surface area (Å²) in [4.78, 5) is 11.7. The third kappa shape index (κ3) is 2.21. The van der Waals surface area contributed by atoms with Crippen LogP contribution in [0.4, 0.5) is 11.4 Å². The van der Waals surface area contributed by atoms with Gasteiger partial charge < -0.3 is 10.6 Å². The van der Waals surface area contributed by atoms with Crippen LogP contribution < -0.4 is 10.6 Å². The molecule has 0 fully saturated rings. The summed E-state index contributed by atoms with van der Waals surface area (Å²) in [6, 6.07) is 20.6. The van der Waals surface area contributed by atoms with Crippen LogP contribution in [-0.4, -0.2) is 5.91 Å². The summed E-state index contributed by atoms with van der Waals surface area (Å²) < 4.78 is 0. The summed E-state index contributed by atoms with van der Waals surface area (Å²) in [6.07, 6.45) is 0.467. The van der Waals surface area contributed by atoms with Gasteiger partial charge in [0.05, 0.1) is 6.42 Å². The Morgan fingerprint density at radius 3 is 2.50 bits per heavy atom. The maximum absolute atomic E-state index is 11.7. The SMILES string of the molecule is O=C1Cc2c(cc(NCc3ccccc3)c3ccccc23)N1. The molecule has 1 aliphatic heterocycles. The lowest BCUT2D eigenvalue weighted by molar-refractivity contribution is -0.115. The molecule has 0 bridgehead atoms. The van der Waals surface area contributed by atoms with Gasteiger partial charge in [-0.1, -0.05) is 54.6 Å². The zero-order chi connectivity index (χ0) is 14.9. The van der Waals surface area contributed by atoms with E-state index in [1.807, 2.05) is 36.4 Å². The molecule has 0 aliphatic carbocycles. The molecule has 3 heteroatoms. The number of hydrogen-bond donors (Lipinski definition) is 2. The van der Waals surface area contributed by atoms with E-state index in [0.29, 0.717) is 6.42 Å². The van der Waals surface area contributed by atoms with Crippen LogP contribution in [0.25, 0.3) is 10.8 Å². The van der Waals surface area contributed by atoms with E-state index in [2.05, 4.69) is 34.9 Å². The maximum Gasteiger partial charge on any atom is 0.228 e. The van der Waals surface area contributed by atoms with E-state index in [1.165, 1.54) is 5.56 Å². The first-order valence-electron chi connectivity index (χ1n) is 7.43. The molecule has 0 radical (unpaired) electrons. The highest BCUT2D eigenvalue weighted by Crippen LogP contribution is 2.36. The number of carbonyl (C=O) groups is 1.